The van der Waals surface area contributed by atoms with Gasteiger partial charge < -0.3 is 9.64 Å². The molecule has 9 heteroatoms. The van der Waals surface area contributed by atoms with Gasteiger partial charge in [0, 0.05) is 18.5 Å². The molecule has 0 spiro atoms. The topological polar surface area (TPSA) is 66.9 Å². The number of ether oxygens (including phenoxy) is 1. The molecule has 1 fully saturated rings. The lowest BCUT2D eigenvalue weighted by atomic mass is 10.1. The maximum Gasteiger partial charge on any atom is 0.264 e. The second kappa shape index (κ2) is 9.13. The van der Waals surface area contributed by atoms with E-state index in [1.807, 2.05) is 17.5 Å². The average Bonchev–Trinajstić information content (AvgIpc) is 3.50. The van der Waals surface area contributed by atoms with Crippen molar-refractivity contribution in [1.29, 1.82) is 0 Å². The Morgan fingerprint density at radius 2 is 1.97 bits per heavy atom. The number of likely N-dealkylation sites (tertiary alicyclic amines) is 1. The third-order valence-corrected chi connectivity index (χ3v) is 8.71. The summed E-state index contributed by atoms with van der Waals surface area (Å²) in [7, 11) is -1.01. The van der Waals surface area contributed by atoms with Crippen LogP contribution >= 0.6 is 22.9 Å². The highest BCUT2D eigenvalue weighted by atomic mass is 35.5. The lowest BCUT2D eigenvalue weighted by Crippen LogP contribution is -2.31. The van der Waals surface area contributed by atoms with Gasteiger partial charge in [-0.25, -0.2) is 8.42 Å². The van der Waals surface area contributed by atoms with Gasteiger partial charge in [-0.2, -0.15) is 0 Å². The molecule has 6 nitrogen and oxygen atoms in total. The fraction of sp³-hybridized carbons (Fsp3) is 0.261. The van der Waals surface area contributed by atoms with Gasteiger partial charge in [0.2, 0.25) is 0 Å². The number of thiophene rings is 1. The SMILES string of the molecule is COc1ccccc1N(C)S(=O)(=O)c1ccc(Cl)c(C(=O)N2CCC[C@@H]2c2cccs2)c1. The van der Waals surface area contributed by atoms with Gasteiger partial charge in [-0.3, -0.25) is 9.10 Å². The first kappa shape index (κ1) is 22.6. The predicted octanol–water partition coefficient (Wildman–Crippen LogP) is 5.21. The minimum Gasteiger partial charge on any atom is -0.495 e. The summed E-state index contributed by atoms with van der Waals surface area (Å²) in [6.45, 7) is 0.607. The number of halogens is 1. The summed E-state index contributed by atoms with van der Waals surface area (Å²) in [6, 6.07) is 15.1. The summed E-state index contributed by atoms with van der Waals surface area (Å²) in [5.41, 5.74) is 0.583. The molecule has 0 N–H and O–H groups in total. The molecule has 0 aliphatic carbocycles. The van der Waals surface area contributed by atoms with Crippen molar-refractivity contribution < 1.29 is 17.9 Å². The first-order valence-electron chi connectivity index (χ1n) is 10.1. The molecular weight excluding hydrogens is 468 g/mol. The Hall–Kier alpha value is -2.55. The second-order valence-corrected chi connectivity index (χ2v) is 10.8. The van der Waals surface area contributed by atoms with Crippen LogP contribution in [-0.2, 0) is 10.0 Å². The third-order valence-electron chi connectivity index (χ3n) is 5.64. The van der Waals surface area contributed by atoms with Crippen LogP contribution in [0.15, 0.2) is 64.9 Å². The van der Waals surface area contributed by atoms with E-state index in [0.29, 0.717) is 18.0 Å². The Morgan fingerprint density at radius 1 is 1.19 bits per heavy atom. The number of sulfonamides is 1. The van der Waals surface area contributed by atoms with Gasteiger partial charge in [-0.05, 0) is 54.6 Å². The number of para-hydroxylation sites is 2. The number of methoxy groups -OCH3 is 1. The zero-order chi connectivity index (χ0) is 22.9. The molecule has 1 saturated heterocycles. The van der Waals surface area contributed by atoms with E-state index in [2.05, 4.69) is 0 Å². The quantitative estimate of drug-likeness (QED) is 0.475. The molecule has 1 aliphatic heterocycles. The molecule has 1 aliphatic rings. The number of carbonyl (C=O) groups excluding carboxylic acids is 1. The maximum absolute atomic E-state index is 13.4. The van der Waals surface area contributed by atoms with Gasteiger partial charge in [-0.1, -0.05) is 29.8 Å². The van der Waals surface area contributed by atoms with Crippen LogP contribution < -0.4 is 9.04 Å². The standard InChI is InChI=1S/C23H23ClN2O4S2/c1-25(19-7-3-4-9-21(19)30-2)32(28,29)16-11-12-18(24)17(15-16)23(27)26-13-5-8-20(26)22-10-6-14-31-22/h3-4,6-7,9-12,14-15,20H,5,8,13H2,1-2H3/t20-/m1/s1. The van der Waals surface area contributed by atoms with Crippen molar-refractivity contribution in [2.45, 2.75) is 23.8 Å². The van der Waals surface area contributed by atoms with Gasteiger partial charge in [0.15, 0.2) is 0 Å². The molecule has 3 aromatic rings. The molecule has 2 aromatic carbocycles. The van der Waals surface area contributed by atoms with Crippen molar-refractivity contribution in [3.8, 4) is 5.75 Å². The van der Waals surface area contributed by atoms with Crippen LogP contribution in [0.5, 0.6) is 5.75 Å². The molecule has 0 radical (unpaired) electrons. The number of rotatable bonds is 6. The van der Waals surface area contributed by atoms with Gasteiger partial charge in [0.25, 0.3) is 15.9 Å². The van der Waals surface area contributed by atoms with Crippen molar-refractivity contribution in [2.75, 3.05) is 25.0 Å². The summed E-state index contributed by atoms with van der Waals surface area (Å²) < 4.78 is 33.2. The molecule has 2 heterocycles. The number of anilines is 1. The molecule has 32 heavy (non-hydrogen) atoms. The van der Waals surface area contributed by atoms with Crippen LogP contribution in [-0.4, -0.2) is 39.9 Å². The molecule has 1 aromatic heterocycles. The van der Waals surface area contributed by atoms with Crippen LogP contribution in [0.3, 0.4) is 0 Å². The van der Waals surface area contributed by atoms with Crippen LogP contribution in [0.25, 0.3) is 0 Å². The van der Waals surface area contributed by atoms with Crippen LogP contribution in [0.1, 0.15) is 34.1 Å². The maximum atomic E-state index is 13.4. The number of carbonyl (C=O) groups is 1. The predicted molar refractivity (Wildman–Crippen MR) is 127 cm³/mol. The molecule has 0 bridgehead atoms. The Kier molecular flexibility index (Phi) is 6.46. The first-order valence-corrected chi connectivity index (χ1v) is 12.8. The monoisotopic (exact) mass is 490 g/mol. The van der Waals surface area contributed by atoms with E-state index in [0.717, 1.165) is 22.0 Å². The number of hydrogen-bond donors (Lipinski definition) is 0. The third kappa shape index (κ3) is 4.10. The molecular formula is C23H23ClN2O4S2. The van der Waals surface area contributed by atoms with E-state index in [9.17, 15) is 13.2 Å². The average molecular weight is 491 g/mol. The highest BCUT2D eigenvalue weighted by molar-refractivity contribution is 7.92. The summed E-state index contributed by atoms with van der Waals surface area (Å²) in [6.07, 6.45) is 1.76. The van der Waals surface area contributed by atoms with E-state index < -0.39 is 10.0 Å². The van der Waals surface area contributed by atoms with E-state index in [-0.39, 0.29) is 27.4 Å². The number of amides is 1. The van der Waals surface area contributed by atoms with Crippen molar-refractivity contribution >= 4 is 44.6 Å². The summed E-state index contributed by atoms with van der Waals surface area (Å²) in [5.74, 6) is 0.169. The largest absolute Gasteiger partial charge is 0.495 e. The molecule has 0 saturated carbocycles. The van der Waals surface area contributed by atoms with Crippen LogP contribution in [0.4, 0.5) is 5.69 Å². The molecule has 1 atom stereocenters. The van der Waals surface area contributed by atoms with E-state index in [4.69, 9.17) is 16.3 Å². The second-order valence-electron chi connectivity index (χ2n) is 7.46. The first-order chi connectivity index (χ1) is 15.3. The molecule has 168 valence electrons. The van der Waals surface area contributed by atoms with Crippen LogP contribution in [0.2, 0.25) is 5.02 Å². The van der Waals surface area contributed by atoms with E-state index in [1.54, 1.807) is 40.5 Å². The highest BCUT2D eigenvalue weighted by Crippen LogP contribution is 2.37. The van der Waals surface area contributed by atoms with E-state index in [1.165, 1.54) is 32.4 Å². The fourth-order valence-electron chi connectivity index (χ4n) is 3.95. The summed E-state index contributed by atoms with van der Waals surface area (Å²) >= 11 is 7.97. The fourth-order valence-corrected chi connectivity index (χ4v) is 6.25. The van der Waals surface area contributed by atoms with Crippen molar-refractivity contribution in [1.82, 2.24) is 4.90 Å². The molecule has 0 unspecified atom stereocenters. The number of nitrogens with zero attached hydrogens (tertiary/aromatic N) is 2. The lowest BCUT2D eigenvalue weighted by Gasteiger charge is -2.25. The summed E-state index contributed by atoms with van der Waals surface area (Å²) in [4.78, 5) is 16.3. The minimum absolute atomic E-state index is 0.00877. The zero-order valence-electron chi connectivity index (χ0n) is 17.7. The lowest BCUT2D eigenvalue weighted by molar-refractivity contribution is 0.0738. The zero-order valence-corrected chi connectivity index (χ0v) is 20.1. The number of benzene rings is 2. The minimum atomic E-state index is -3.95. The van der Waals surface area contributed by atoms with Crippen molar-refractivity contribution in [3.05, 3.63) is 75.4 Å². The molecule has 1 amide bonds. The van der Waals surface area contributed by atoms with Gasteiger partial charge in [-0.15, -0.1) is 11.3 Å². The highest BCUT2D eigenvalue weighted by Gasteiger charge is 2.33. The van der Waals surface area contributed by atoms with Crippen molar-refractivity contribution in [2.24, 2.45) is 0 Å². The molecule has 4 rings (SSSR count). The van der Waals surface area contributed by atoms with Crippen molar-refractivity contribution in [3.63, 3.8) is 0 Å². The van der Waals surface area contributed by atoms with Gasteiger partial charge >= 0.3 is 0 Å². The van der Waals surface area contributed by atoms with Gasteiger partial charge in [0.1, 0.15) is 5.75 Å². The van der Waals surface area contributed by atoms with Gasteiger partial charge in [0.05, 0.1) is 34.3 Å². The van der Waals surface area contributed by atoms with Crippen LogP contribution in [0, 0.1) is 0 Å². The Bertz CT molecular complexity index is 1230. The Balaban J connectivity index is 1.68. The smallest absolute Gasteiger partial charge is 0.264 e. The normalized spacial score (nSPS) is 16.2. The van der Waals surface area contributed by atoms with E-state index >= 15 is 0 Å². The summed E-state index contributed by atoms with van der Waals surface area (Å²) in [5, 5.41) is 2.22. The Morgan fingerprint density at radius 3 is 2.69 bits per heavy atom. The number of hydrogen-bond acceptors (Lipinski definition) is 5. The Labute approximate surface area is 197 Å².